The van der Waals surface area contributed by atoms with Crippen molar-refractivity contribution in [3.05, 3.63) is 29.3 Å². The number of carbonyl (C=O) groups is 1. The van der Waals surface area contributed by atoms with Crippen molar-refractivity contribution in [2.24, 2.45) is 0 Å². The van der Waals surface area contributed by atoms with E-state index < -0.39 is 0 Å². The van der Waals surface area contributed by atoms with Crippen molar-refractivity contribution in [1.29, 1.82) is 0 Å². The van der Waals surface area contributed by atoms with E-state index in [1.807, 2.05) is 32.0 Å². The first-order valence-electron chi connectivity index (χ1n) is 7.49. The van der Waals surface area contributed by atoms with E-state index in [4.69, 9.17) is 16.3 Å². The largest absolute Gasteiger partial charge is 0.372 e. The summed E-state index contributed by atoms with van der Waals surface area (Å²) in [6, 6.07) is 7.26. The van der Waals surface area contributed by atoms with Gasteiger partial charge in [-0.05, 0) is 31.2 Å². The van der Waals surface area contributed by atoms with Crippen molar-refractivity contribution in [2.75, 3.05) is 13.1 Å². The van der Waals surface area contributed by atoms with Gasteiger partial charge in [-0.2, -0.15) is 4.80 Å². The molecule has 2 unspecified atom stereocenters. The highest BCUT2D eigenvalue weighted by molar-refractivity contribution is 6.33. The summed E-state index contributed by atoms with van der Waals surface area (Å²) < 4.78 is 5.63. The fraction of sp³-hybridized carbons (Fsp3) is 0.467. The number of morpholine rings is 1. The summed E-state index contributed by atoms with van der Waals surface area (Å²) in [7, 11) is 0. The molecule has 23 heavy (non-hydrogen) atoms. The maximum absolute atomic E-state index is 12.4. The molecule has 1 saturated heterocycles. The first kappa shape index (κ1) is 15.9. The molecule has 1 aromatic heterocycles. The second-order valence-corrected chi connectivity index (χ2v) is 6.09. The second-order valence-electron chi connectivity index (χ2n) is 5.68. The van der Waals surface area contributed by atoms with Crippen LogP contribution in [0.4, 0.5) is 0 Å². The van der Waals surface area contributed by atoms with E-state index in [0.29, 0.717) is 29.5 Å². The lowest BCUT2D eigenvalue weighted by Gasteiger charge is -2.35. The van der Waals surface area contributed by atoms with Crippen molar-refractivity contribution in [3.63, 3.8) is 0 Å². The Morgan fingerprint density at radius 1 is 1.30 bits per heavy atom. The molecular formula is C15H18ClN5O2. The van der Waals surface area contributed by atoms with Gasteiger partial charge in [-0.1, -0.05) is 23.7 Å². The molecule has 1 amide bonds. The van der Waals surface area contributed by atoms with Gasteiger partial charge in [0, 0.05) is 18.7 Å². The number of halogens is 1. The van der Waals surface area contributed by atoms with Crippen LogP contribution in [0.2, 0.25) is 5.02 Å². The van der Waals surface area contributed by atoms with E-state index >= 15 is 0 Å². The molecule has 0 bridgehead atoms. The predicted octanol–water partition coefficient (Wildman–Crippen LogP) is 1.63. The van der Waals surface area contributed by atoms with Crippen LogP contribution in [0.3, 0.4) is 0 Å². The third-order valence-corrected chi connectivity index (χ3v) is 3.95. The van der Waals surface area contributed by atoms with Crippen LogP contribution in [0.15, 0.2) is 24.3 Å². The third kappa shape index (κ3) is 3.68. The maximum atomic E-state index is 12.4. The molecule has 7 nitrogen and oxygen atoms in total. The number of benzene rings is 1. The predicted molar refractivity (Wildman–Crippen MR) is 84.9 cm³/mol. The Labute approximate surface area is 139 Å². The molecule has 0 spiro atoms. The van der Waals surface area contributed by atoms with Crippen LogP contribution in [0.1, 0.15) is 13.8 Å². The molecule has 122 valence electrons. The van der Waals surface area contributed by atoms with Crippen LogP contribution in [0.5, 0.6) is 0 Å². The summed E-state index contributed by atoms with van der Waals surface area (Å²) in [4.78, 5) is 15.5. The van der Waals surface area contributed by atoms with Crippen LogP contribution >= 0.6 is 11.6 Å². The van der Waals surface area contributed by atoms with Crippen molar-refractivity contribution < 1.29 is 9.53 Å². The second kappa shape index (κ2) is 6.64. The Morgan fingerprint density at radius 2 is 2.00 bits per heavy atom. The number of tetrazole rings is 1. The van der Waals surface area contributed by atoms with Crippen LogP contribution in [0, 0.1) is 0 Å². The first-order chi connectivity index (χ1) is 11.0. The number of amides is 1. The quantitative estimate of drug-likeness (QED) is 0.852. The monoisotopic (exact) mass is 335 g/mol. The molecule has 1 aliphatic rings. The minimum atomic E-state index is -0.0462. The number of carbonyl (C=O) groups excluding carboxylic acids is 1. The fourth-order valence-electron chi connectivity index (χ4n) is 2.66. The molecule has 0 aliphatic carbocycles. The van der Waals surface area contributed by atoms with Gasteiger partial charge in [-0.25, -0.2) is 0 Å². The minimum Gasteiger partial charge on any atom is -0.372 e. The lowest BCUT2D eigenvalue weighted by Crippen LogP contribution is -2.49. The number of hydrogen-bond donors (Lipinski definition) is 0. The summed E-state index contributed by atoms with van der Waals surface area (Å²) in [5.74, 6) is 0.363. The van der Waals surface area contributed by atoms with Gasteiger partial charge in [0.25, 0.3) is 0 Å². The zero-order valence-corrected chi connectivity index (χ0v) is 13.8. The summed E-state index contributed by atoms with van der Waals surface area (Å²) in [5, 5.41) is 12.7. The Balaban J connectivity index is 1.69. The van der Waals surface area contributed by atoms with Gasteiger partial charge in [-0.3, -0.25) is 4.79 Å². The normalized spacial score (nSPS) is 21.4. The SMILES string of the molecule is CC1CN(C(=O)Cn2nnc(-c3ccccc3Cl)n2)CC(C)O1. The Morgan fingerprint density at radius 3 is 2.70 bits per heavy atom. The molecule has 1 aliphatic heterocycles. The standard InChI is InChI=1S/C15H18ClN5O2/c1-10-7-20(8-11(2)23-10)14(22)9-21-18-15(17-19-21)12-5-3-4-6-13(12)16/h3-6,10-11H,7-9H2,1-2H3. The first-order valence-corrected chi connectivity index (χ1v) is 7.86. The molecular weight excluding hydrogens is 318 g/mol. The zero-order valence-electron chi connectivity index (χ0n) is 13.0. The van der Waals surface area contributed by atoms with E-state index in [0.717, 1.165) is 0 Å². The topological polar surface area (TPSA) is 73.1 Å². The van der Waals surface area contributed by atoms with E-state index in [-0.39, 0.29) is 24.7 Å². The van der Waals surface area contributed by atoms with Crippen LogP contribution in [-0.2, 0) is 16.1 Å². The lowest BCUT2D eigenvalue weighted by atomic mass is 10.2. The molecule has 2 atom stereocenters. The number of nitrogens with zero attached hydrogens (tertiary/aromatic N) is 5. The minimum absolute atomic E-state index is 0.0325. The van der Waals surface area contributed by atoms with Gasteiger partial charge in [0.1, 0.15) is 6.54 Å². The van der Waals surface area contributed by atoms with Gasteiger partial charge in [0.05, 0.1) is 17.2 Å². The van der Waals surface area contributed by atoms with Gasteiger partial charge >= 0.3 is 0 Å². The lowest BCUT2D eigenvalue weighted by molar-refractivity contribution is -0.144. The average molecular weight is 336 g/mol. The highest BCUT2D eigenvalue weighted by atomic mass is 35.5. The van der Waals surface area contributed by atoms with Gasteiger partial charge in [0.2, 0.25) is 11.7 Å². The highest BCUT2D eigenvalue weighted by Crippen LogP contribution is 2.23. The molecule has 2 heterocycles. The van der Waals surface area contributed by atoms with Gasteiger partial charge in [-0.15, -0.1) is 10.2 Å². The Hall–Kier alpha value is -1.99. The third-order valence-electron chi connectivity index (χ3n) is 3.62. The summed E-state index contributed by atoms with van der Waals surface area (Å²) >= 11 is 6.12. The summed E-state index contributed by atoms with van der Waals surface area (Å²) in [5.41, 5.74) is 0.696. The Bertz CT molecular complexity index is 695. The van der Waals surface area contributed by atoms with E-state index in [1.54, 1.807) is 11.0 Å². The van der Waals surface area contributed by atoms with Crippen molar-refractivity contribution in [3.8, 4) is 11.4 Å². The Kier molecular flexibility index (Phi) is 4.58. The number of aromatic nitrogens is 4. The van der Waals surface area contributed by atoms with E-state index in [2.05, 4.69) is 15.4 Å². The van der Waals surface area contributed by atoms with Gasteiger partial charge in [0.15, 0.2) is 0 Å². The van der Waals surface area contributed by atoms with Crippen LogP contribution < -0.4 is 0 Å². The van der Waals surface area contributed by atoms with Crippen molar-refractivity contribution in [2.45, 2.75) is 32.6 Å². The van der Waals surface area contributed by atoms with Gasteiger partial charge < -0.3 is 9.64 Å². The highest BCUT2D eigenvalue weighted by Gasteiger charge is 2.26. The molecule has 8 heteroatoms. The van der Waals surface area contributed by atoms with Crippen molar-refractivity contribution in [1.82, 2.24) is 25.1 Å². The summed E-state index contributed by atoms with van der Waals surface area (Å²) in [6.45, 7) is 5.12. The van der Waals surface area contributed by atoms with E-state index in [9.17, 15) is 4.79 Å². The van der Waals surface area contributed by atoms with Crippen LogP contribution in [0.25, 0.3) is 11.4 Å². The fourth-order valence-corrected chi connectivity index (χ4v) is 2.88. The molecule has 2 aromatic rings. The van der Waals surface area contributed by atoms with Crippen LogP contribution in [-0.4, -0.2) is 56.3 Å². The van der Waals surface area contributed by atoms with E-state index in [1.165, 1.54) is 4.80 Å². The molecule has 0 saturated carbocycles. The molecule has 3 rings (SSSR count). The number of ether oxygens (including phenoxy) is 1. The molecule has 0 N–H and O–H groups in total. The number of hydrogen-bond acceptors (Lipinski definition) is 5. The molecule has 1 fully saturated rings. The smallest absolute Gasteiger partial charge is 0.246 e. The zero-order chi connectivity index (χ0) is 16.4. The molecule has 1 aromatic carbocycles. The molecule has 0 radical (unpaired) electrons. The number of rotatable bonds is 3. The maximum Gasteiger partial charge on any atom is 0.246 e. The van der Waals surface area contributed by atoms with Crippen molar-refractivity contribution >= 4 is 17.5 Å². The summed E-state index contributed by atoms with van der Waals surface area (Å²) in [6.07, 6.45) is 0.0650. The average Bonchev–Trinajstić information content (AvgIpc) is 2.95.